The normalized spacial score (nSPS) is 16.0. The zero-order valence-corrected chi connectivity index (χ0v) is 17.8. The number of halogens is 2. The molecule has 1 heterocycles. The van der Waals surface area contributed by atoms with Crippen LogP contribution >= 0.6 is 24.8 Å². The van der Waals surface area contributed by atoms with Gasteiger partial charge >= 0.3 is 0 Å². The van der Waals surface area contributed by atoms with Gasteiger partial charge in [-0.2, -0.15) is 0 Å². The Bertz CT molecular complexity index is 577. The van der Waals surface area contributed by atoms with Crippen LogP contribution in [0, 0.1) is 5.92 Å². The minimum Gasteiger partial charge on any atom is -0.351 e. The van der Waals surface area contributed by atoms with Crippen molar-refractivity contribution in [1.29, 1.82) is 0 Å². The molecule has 6 nitrogen and oxygen atoms in total. The van der Waals surface area contributed by atoms with E-state index in [0.29, 0.717) is 17.8 Å². The van der Waals surface area contributed by atoms with E-state index in [1.54, 1.807) is 18.2 Å². The third-order valence-corrected chi connectivity index (χ3v) is 4.67. The maximum atomic E-state index is 12.3. The summed E-state index contributed by atoms with van der Waals surface area (Å²) in [6, 6.07) is 7.13. The molecule has 154 valence electrons. The van der Waals surface area contributed by atoms with Crippen LogP contribution in [0.4, 0.5) is 5.69 Å². The third-order valence-electron chi connectivity index (χ3n) is 4.67. The maximum absolute atomic E-state index is 12.3. The summed E-state index contributed by atoms with van der Waals surface area (Å²) < 4.78 is 0. The Labute approximate surface area is 174 Å². The summed E-state index contributed by atoms with van der Waals surface area (Å²) in [5.74, 6) is -0.0887. The summed E-state index contributed by atoms with van der Waals surface area (Å²) in [5.41, 5.74) is 1.24. The van der Waals surface area contributed by atoms with E-state index in [4.69, 9.17) is 0 Å². The fraction of sp³-hybridized carbons (Fsp3) is 0.579. The van der Waals surface area contributed by atoms with E-state index >= 15 is 0 Å². The number of nitrogens with zero attached hydrogens (tertiary/aromatic N) is 1. The van der Waals surface area contributed by atoms with Gasteiger partial charge in [0.05, 0.1) is 5.92 Å². The summed E-state index contributed by atoms with van der Waals surface area (Å²) in [6.45, 7) is 9.32. The molecule has 0 aromatic heterocycles. The van der Waals surface area contributed by atoms with Crippen LogP contribution in [-0.2, 0) is 4.79 Å². The molecule has 1 aliphatic rings. The van der Waals surface area contributed by atoms with Gasteiger partial charge in [-0.15, -0.1) is 24.8 Å². The average Bonchev–Trinajstić information content (AvgIpc) is 2.66. The van der Waals surface area contributed by atoms with Gasteiger partial charge in [0, 0.05) is 30.9 Å². The summed E-state index contributed by atoms with van der Waals surface area (Å²) in [7, 11) is 0. The Balaban J connectivity index is 0.00000338. The van der Waals surface area contributed by atoms with Crippen LogP contribution in [0.3, 0.4) is 0 Å². The highest BCUT2D eigenvalue weighted by atomic mass is 35.5. The molecule has 0 aliphatic carbocycles. The molecule has 2 amide bonds. The van der Waals surface area contributed by atoms with Crippen molar-refractivity contribution < 1.29 is 9.59 Å². The molecule has 27 heavy (non-hydrogen) atoms. The summed E-state index contributed by atoms with van der Waals surface area (Å²) in [6.07, 6.45) is 1.93. The van der Waals surface area contributed by atoms with Crippen LogP contribution in [-0.4, -0.2) is 56.0 Å². The van der Waals surface area contributed by atoms with E-state index in [9.17, 15) is 9.59 Å². The van der Waals surface area contributed by atoms with Gasteiger partial charge in [-0.3, -0.25) is 9.59 Å². The molecule has 1 aromatic carbocycles. The Morgan fingerprint density at radius 2 is 1.96 bits per heavy atom. The highest BCUT2D eigenvalue weighted by Gasteiger charge is 2.21. The predicted molar refractivity (Wildman–Crippen MR) is 115 cm³/mol. The first-order chi connectivity index (χ1) is 12.1. The molecule has 3 N–H and O–H groups in total. The molecule has 2 rings (SSSR count). The van der Waals surface area contributed by atoms with Crippen molar-refractivity contribution in [2.75, 3.05) is 44.6 Å². The standard InChI is InChI=1S/C19H30N4O2.2ClH/c1-3-23(4-2)12-11-21-18(24)15-7-5-9-17(13-15)22-19(25)16-8-6-10-20-14-16;;/h5,7,9,13,16,20H,3-4,6,8,10-12,14H2,1-2H3,(H,21,24)(H,22,25);2*1H. The number of anilines is 1. The van der Waals surface area contributed by atoms with Crippen molar-refractivity contribution in [2.24, 2.45) is 5.92 Å². The number of amides is 2. The number of hydrogen-bond donors (Lipinski definition) is 3. The van der Waals surface area contributed by atoms with Crippen LogP contribution < -0.4 is 16.0 Å². The first-order valence-electron chi connectivity index (χ1n) is 9.26. The zero-order valence-electron chi connectivity index (χ0n) is 16.1. The highest BCUT2D eigenvalue weighted by Crippen LogP contribution is 2.15. The maximum Gasteiger partial charge on any atom is 0.251 e. The lowest BCUT2D eigenvalue weighted by molar-refractivity contribution is -0.120. The number of carbonyl (C=O) groups is 2. The first-order valence-corrected chi connectivity index (χ1v) is 9.26. The van der Waals surface area contributed by atoms with Gasteiger partial charge in [0.25, 0.3) is 5.91 Å². The fourth-order valence-corrected chi connectivity index (χ4v) is 3.03. The molecule has 1 unspecified atom stereocenters. The fourth-order valence-electron chi connectivity index (χ4n) is 3.03. The Kier molecular flexibility index (Phi) is 13.1. The summed E-state index contributed by atoms with van der Waals surface area (Å²) >= 11 is 0. The van der Waals surface area contributed by atoms with Crippen molar-refractivity contribution in [3.05, 3.63) is 29.8 Å². The van der Waals surface area contributed by atoms with Crippen LogP contribution in [0.1, 0.15) is 37.0 Å². The van der Waals surface area contributed by atoms with Gasteiger partial charge in [-0.05, 0) is 50.7 Å². The SMILES string of the molecule is CCN(CC)CCNC(=O)c1cccc(NC(=O)C2CCCNC2)c1.Cl.Cl. The van der Waals surface area contributed by atoms with E-state index in [1.165, 1.54) is 0 Å². The molecule has 1 atom stereocenters. The molecule has 8 heteroatoms. The van der Waals surface area contributed by atoms with Gasteiger partial charge in [-0.1, -0.05) is 19.9 Å². The van der Waals surface area contributed by atoms with Gasteiger partial charge in [0.1, 0.15) is 0 Å². The van der Waals surface area contributed by atoms with Gasteiger partial charge in [0.2, 0.25) is 5.91 Å². The van der Waals surface area contributed by atoms with Crippen LogP contribution in [0.2, 0.25) is 0 Å². The van der Waals surface area contributed by atoms with E-state index in [0.717, 1.165) is 45.6 Å². The van der Waals surface area contributed by atoms with Crippen molar-refractivity contribution in [3.63, 3.8) is 0 Å². The van der Waals surface area contributed by atoms with Crippen molar-refractivity contribution in [3.8, 4) is 0 Å². The van der Waals surface area contributed by atoms with Gasteiger partial charge < -0.3 is 20.9 Å². The largest absolute Gasteiger partial charge is 0.351 e. The smallest absolute Gasteiger partial charge is 0.251 e. The molecule has 0 bridgehead atoms. The van der Waals surface area contributed by atoms with Crippen molar-refractivity contribution in [2.45, 2.75) is 26.7 Å². The van der Waals surface area contributed by atoms with Crippen LogP contribution in [0.5, 0.6) is 0 Å². The number of carbonyl (C=O) groups excluding carboxylic acids is 2. The molecule has 0 spiro atoms. The highest BCUT2D eigenvalue weighted by molar-refractivity contribution is 5.97. The average molecular weight is 419 g/mol. The minimum atomic E-state index is -0.109. The molecule has 0 saturated carbocycles. The number of likely N-dealkylation sites (N-methyl/N-ethyl adjacent to an activating group) is 1. The number of piperidine rings is 1. The van der Waals surface area contributed by atoms with Crippen LogP contribution in [0.15, 0.2) is 24.3 Å². The monoisotopic (exact) mass is 418 g/mol. The van der Waals surface area contributed by atoms with Gasteiger partial charge in [0.15, 0.2) is 0 Å². The lowest BCUT2D eigenvalue weighted by Crippen LogP contribution is -2.37. The van der Waals surface area contributed by atoms with E-state index in [2.05, 4.69) is 34.7 Å². The molecular formula is C19H32Cl2N4O2. The van der Waals surface area contributed by atoms with E-state index in [1.807, 2.05) is 6.07 Å². The second-order valence-corrected chi connectivity index (χ2v) is 6.40. The number of benzene rings is 1. The Morgan fingerprint density at radius 3 is 2.59 bits per heavy atom. The van der Waals surface area contributed by atoms with Crippen molar-refractivity contribution in [1.82, 2.24) is 15.5 Å². The van der Waals surface area contributed by atoms with Crippen molar-refractivity contribution >= 4 is 42.3 Å². The Hall–Kier alpha value is -1.34. The first kappa shape index (κ1) is 25.7. The minimum absolute atomic E-state index is 0. The third kappa shape index (κ3) is 8.47. The van der Waals surface area contributed by atoms with E-state index < -0.39 is 0 Å². The van der Waals surface area contributed by atoms with Gasteiger partial charge in [-0.25, -0.2) is 0 Å². The van der Waals surface area contributed by atoms with E-state index in [-0.39, 0.29) is 42.5 Å². The number of hydrogen-bond acceptors (Lipinski definition) is 4. The molecule has 1 aromatic rings. The van der Waals surface area contributed by atoms with Crippen LogP contribution in [0.25, 0.3) is 0 Å². The topological polar surface area (TPSA) is 73.5 Å². The number of nitrogens with one attached hydrogen (secondary N) is 3. The predicted octanol–water partition coefficient (Wildman–Crippen LogP) is 2.54. The molecule has 0 radical (unpaired) electrons. The lowest BCUT2D eigenvalue weighted by Gasteiger charge is -2.22. The summed E-state index contributed by atoms with van der Waals surface area (Å²) in [4.78, 5) is 26.9. The second kappa shape index (κ2) is 13.8. The molecule has 1 saturated heterocycles. The Morgan fingerprint density at radius 1 is 1.22 bits per heavy atom. The molecule has 1 fully saturated rings. The molecule has 1 aliphatic heterocycles. The number of rotatable bonds is 8. The molecular weight excluding hydrogens is 387 g/mol. The summed E-state index contributed by atoms with van der Waals surface area (Å²) in [5, 5.41) is 9.11. The second-order valence-electron chi connectivity index (χ2n) is 6.40. The quantitative estimate of drug-likeness (QED) is 0.606. The lowest BCUT2D eigenvalue weighted by atomic mass is 9.99. The zero-order chi connectivity index (χ0) is 18.1.